The maximum absolute atomic E-state index is 12.3. The van der Waals surface area contributed by atoms with Crippen LogP contribution in [0, 0.1) is 5.92 Å². The maximum atomic E-state index is 12.3. The van der Waals surface area contributed by atoms with Crippen LogP contribution in [0.3, 0.4) is 0 Å². The zero-order chi connectivity index (χ0) is 22.3. The van der Waals surface area contributed by atoms with E-state index in [0.717, 1.165) is 31.8 Å². The number of hydrogen-bond acceptors (Lipinski definition) is 6. The fraction of sp³-hybridized carbons (Fsp3) is 0.524. The number of esters is 1. The fourth-order valence-corrected chi connectivity index (χ4v) is 4.32. The van der Waals surface area contributed by atoms with Gasteiger partial charge in [-0.2, -0.15) is 0 Å². The first-order valence-electron chi connectivity index (χ1n) is 9.90. The molecule has 9 heteroatoms. The monoisotopic (exact) mass is 438 g/mol. The Hall–Kier alpha value is -2.39. The summed E-state index contributed by atoms with van der Waals surface area (Å²) in [6.07, 6.45) is 6.70. The molecule has 166 valence electrons. The van der Waals surface area contributed by atoms with Crippen LogP contribution in [0.5, 0.6) is 5.75 Å². The van der Waals surface area contributed by atoms with Crippen molar-refractivity contribution in [1.82, 2.24) is 9.62 Å². The molecule has 0 bridgehead atoms. The Morgan fingerprint density at radius 1 is 1.23 bits per heavy atom. The lowest BCUT2D eigenvalue weighted by molar-refractivity contribution is -0.148. The van der Waals surface area contributed by atoms with Crippen molar-refractivity contribution >= 4 is 28.0 Å². The summed E-state index contributed by atoms with van der Waals surface area (Å²) in [6.45, 7) is 1.89. The van der Waals surface area contributed by atoms with E-state index in [4.69, 9.17) is 9.47 Å². The van der Waals surface area contributed by atoms with Gasteiger partial charge in [0.15, 0.2) is 6.61 Å². The van der Waals surface area contributed by atoms with Gasteiger partial charge in [0.05, 0.1) is 7.11 Å². The normalized spacial score (nSPS) is 19.5. The topological polar surface area (TPSA) is 102 Å². The maximum Gasteiger partial charge on any atom is 0.331 e. The molecule has 30 heavy (non-hydrogen) atoms. The molecule has 1 fully saturated rings. The minimum atomic E-state index is -3.72. The van der Waals surface area contributed by atoms with Gasteiger partial charge in [0.2, 0.25) is 10.0 Å². The highest BCUT2D eigenvalue weighted by molar-refractivity contribution is 7.89. The number of nitrogens with one attached hydrogen (secondary N) is 1. The first-order valence-corrected chi connectivity index (χ1v) is 11.4. The van der Waals surface area contributed by atoms with Crippen molar-refractivity contribution in [3.8, 4) is 5.75 Å². The van der Waals surface area contributed by atoms with E-state index in [1.54, 1.807) is 18.0 Å². The van der Waals surface area contributed by atoms with E-state index in [9.17, 15) is 18.0 Å². The number of rotatable bonds is 8. The molecule has 1 N–H and O–H groups in total. The van der Waals surface area contributed by atoms with Gasteiger partial charge in [-0.15, -0.1) is 0 Å². The number of ether oxygens (including phenoxy) is 2. The van der Waals surface area contributed by atoms with Crippen LogP contribution < -0.4 is 9.46 Å². The zero-order valence-corrected chi connectivity index (χ0v) is 18.7. The molecule has 1 aromatic carbocycles. The Morgan fingerprint density at radius 2 is 1.90 bits per heavy atom. The van der Waals surface area contributed by atoms with Gasteiger partial charge < -0.3 is 14.4 Å². The number of likely N-dealkylation sites (N-methyl/N-ethyl adjacent to an activating group) is 1. The van der Waals surface area contributed by atoms with Gasteiger partial charge in [0.1, 0.15) is 10.6 Å². The van der Waals surface area contributed by atoms with E-state index in [0.29, 0.717) is 11.5 Å². The minimum Gasteiger partial charge on any atom is -0.495 e. The number of methoxy groups -OCH3 is 1. The highest BCUT2D eigenvalue weighted by Crippen LogP contribution is 2.27. The van der Waals surface area contributed by atoms with Gasteiger partial charge in [0.25, 0.3) is 5.91 Å². The van der Waals surface area contributed by atoms with Crippen molar-refractivity contribution in [2.24, 2.45) is 5.92 Å². The largest absolute Gasteiger partial charge is 0.495 e. The van der Waals surface area contributed by atoms with E-state index in [1.165, 1.54) is 32.4 Å². The molecule has 0 unspecified atom stereocenters. The third kappa shape index (κ3) is 6.30. The van der Waals surface area contributed by atoms with Crippen LogP contribution in [0.25, 0.3) is 6.08 Å². The summed E-state index contributed by atoms with van der Waals surface area (Å²) in [5.74, 6) is -0.0323. The molecular weight excluding hydrogens is 408 g/mol. The van der Waals surface area contributed by atoms with Crippen LogP contribution in [0.2, 0.25) is 0 Å². The van der Waals surface area contributed by atoms with Crippen LogP contribution in [-0.2, 0) is 24.3 Å². The van der Waals surface area contributed by atoms with Gasteiger partial charge >= 0.3 is 5.97 Å². The van der Waals surface area contributed by atoms with Crippen LogP contribution in [0.1, 0.15) is 38.2 Å². The molecule has 0 radical (unpaired) electrons. The molecule has 1 saturated carbocycles. The van der Waals surface area contributed by atoms with E-state index in [1.807, 2.05) is 0 Å². The van der Waals surface area contributed by atoms with Crippen molar-refractivity contribution in [2.45, 2.75) is 43.5 Å². The molecule has 1 aliphatic carbocycles. The molecule has 0 aromatic heterocycles. The van der Waals surface area contributed by atoms with E-state index in [2.05, 4.69) is 11.6 Å². The molecule has 1 aromatic rings. The lowest BCUT2D eigenvalue weighted by atomic mass is 9.87. The summed E-state index contributed by atoms with van der Waals surface area (Å²) in [4.78, 5) is 25.9. The lowest BCUT2D eigenvalue weighted by Gasteiger charge is -2.33. The average molecular weight is 439 g/mol. The van der Waals surface area contributed by atoms with Gasteiger partial charge in [-0.05, 0) is 62.4 Å². The van der Waals surface area contributed by atoms with Crippen molar-refractivity contribution in [3.05, 3.63) is 29.8 Å². The number of sulfonamides is 1. The lowest BCUT2D eigenvalue weighted by Crippen LogP contribution is -2.41. The second-order valence-electron chi connectivity index (χ2n) is 7.48. The van der Waals surface area contributed by atoms with E-state index in [-0.39, 0.29) is 29.2 Å². The van der Waals surface area contributed by atoms with Crippen LogP contribution in [0.15, 0.2) is 29.2 Å². The number of nitrogens with zero attached hydrogens (tertiary/aromatic N) is 1. The Morgan fingerprint density at radius 3 is 2.50 bits per heavy atom. The predicted molar refractivity (Wildman–Crippen MR) is 113 cm³/mol. The second kappa shape index (κ2) is 10.6. The van der Waals surface area contributed by atoms with Crippen LogP contribution >= 0.6 is 0 Å². The highest BCUT2D eigenvalue weighted by Gasteiger charge is 2.25. The SMILES string of the molecule is CNS(=O)(=O)c1cc(/C=C/C(=O)OCC(=O)N(C)C2CCC(C)CC2)ccc1OC. The van der Waals surface area contributed by atoms with Gasteiger partial charge in [-0.1, -0.05) is 13.0 Å². The smallest absolute Gasteiger partial charge is 0.331 e. The summed E-state index contributed by atoms with van der Waals surface area (Å²) in [5, 5.41) is 0. The molecule has 1 amide bonds. The molecule has 2 rings (SSSR count). The van der Waals surface area contributed by atoms with Crippen LogP contribution in [0.4, 0.5) is 0 Å². The summed E-state index contributed by atoms with van der Waals surface area (Å²) < 4.78 is 36.6. The number of carbonyl (C=O) groups excluding carboxylic acids is 2. The average Bonchev–Trinajstić information content (AvgIpc) is 2.75. The molecule has 0 atom stereocenters. The Labute approximate surface area is 178 Å². The summed E-state index contributed by atoms with van der Waals surface area (Å²) >= 11 is 0. The summed E-state index contributed by atoms with van der Waals surface area (Å²) in [7, 11) is 0.697. The number of carbonyl (C=O) groups is 2. The van der Waals surface area contributed by atoms with Crippen molar-refractivity contribution in [1.29, 1.82) is 0 Å². The van der Waals surface area contributed by atoms with Gasteiger partial charge in [0, 0.05) is 19.2 Å². The van der Waals surface area contributed by atoms with Gasteiger partial charge in [-0.25, -0.2) is 17.9 Å². The number of benzene rings is 1. The molecule has 0 aliphatic heterocycles. The van der Waals surface area contributed by atoms with Crippen molar-refractivity contribution < 1.29 is 27.5 Å². The molecule has 0 saturated heterocycles. The Bertz CT molecular complexity index is 889. The highest BCUT2D eigenvalue weighted by atomic mass is 32.2. The molecule has 0 spiro atoms. The fourth-order valence-electron chi connectivity index (χ4n) is 3.40. The van der Waals surface area contributed by atoms with Crippen LogP contribution in [-0.4, -0.2) is 59.0 Å². The first kappa shape index (κ1) is 23.9. The molecular formula is C21H30N2O6S. The third-order valence-corrected chi connectivity index (χ3v) is 6.86. The number of amides is 1. The molecule has 8 nitrogen and oxygen atoms in total. The van der Waals surface area contributed by atoms with Crippen molar-refractivity contribution in [3.63, 3.8) is 0 Å². The Balaban J connectivity index is 1.94. The standard InChI is InChI=1S/C21H30N2O6S/c1-15-5-9-17(10-6-15)23(3)20(24)14-29-21(25)12-8-16-7-11-18(28-4)19(13-16)30(26,27)22-2/h7-8,11-13,15,17,22H,5-6,9-10,14H2,1-4H3/b12-8+. The first-order chi connectivity index (χ1) is 14.2. The van der Waals surface area contributed by atoms with Crippen molar-refractivity contribution in [2.75, 3.05) is 27.8 Å². The minimum absolute atomic E-state index is 0.0402. The summed E-state index contributed by atoms with van der Waals surface area (Å²) in [5.41, 5.74) is 0.473. The molecule has 0 heterocycles. The number of hydrogen-bond donors (Lipinski definition) is 1. The third-order valence-electron chi connectivity index (χ3n) is 5.42. The van der Waals surface area contributed by atoms with Gasteiger partial charge in [-0.3, -0.25) is 4.79 Å². The quantitative estimate of drug-likeness (QED) is 0.493. The van der Waals surface area contributed by atoms with E-state index >= 15 is 0 Å². The summed E-state index contributed by atoms with van der Waals surface area (Å²) in [6, 6.07) is 4.69. The zero-order valence-electron chi connectivity index (χ0n) is 17.9. The molecule has 1 aliphatic rings. The predicted octanol–water partition coefficient (Wildman–Crippen LogP) is 2.20. The Kier molecular flexibility index (Phi) is 8.43. The van der Waals surface area contributed by atoms with E-state index < -0.39 is 16.0 Å². The second-order valence-corrected chi connectivity index (χ2v) is 9.33.